The lowest BCUT2D eigenvalue weighted by atomic mass is 10.1. The Kier molecular flexibility index (Phi) is 9.50. The van der Waals surface area contributed by atoms with E-state index in [1.165, 1.54) is 4.90 Å². The number of halogens is 1. The van der Waals surface area contributed by atoms with Gasteiger partial charge in [0, 0.05) is 16.2 Å². The number of anilines is 1. The summed E-state index contributed by atoms with van der Waals surface area (Å²) in [5.41, 5.74) is 1.26. The normalized spacial score (nSPS) is 12.3. The molecule has 0 saturated carbocycles. The van der Waals surface area contributed by atoms with Crippen molar-refractivity contribution in [1.82, 2.24) is 10.2 Å². The number of nitrogens with one attached hydrogen (secondary N) is 1. The fourth-order valence-corrected chi connectivity index (χ4v) is 4.51. The summed E-state index contributed by atoms with van der Waals surface area (Å²) in [5.74, 6) is -0.699. The minimum absolute atomic E-state index is 0.0791. The molecule has 2 rings (SSSR count). The number of rotatable bonds is 10. The van der Waals surface area contributed by atoms with Gasteiger partial charge in [0.15, 0.2) is 0 Å². The van der Waals surface area contributed by atoms with E-state index < -0.39 is 28.5 Å². The molecule has 0 radical (unpaired) electrons. The van der Waals surface area contributed by atoms with Crippen molar-refractivity contribution in [3.8, 4) is 0 Å². The first-order chi connectivity index (χ1) is 15.0. The standard InChI is InChI=1S/C23H30IN3O4S/c1-5-21(23(29)25-17(2)3)26(15-18-9-7-6-8-10-18)22(28)16-27(32(4,30)31)20-13-11-19(24)12-14-20/h6-14,17,21H,5,15-16H2,1-4H3,(H,25,29). The van der Waals surface area contributed by atoms with Crippen LogP contribution in [0.3, 0.4) is 0 Å². The van der Waals surface area contributed by atoms with Gasteiger partial charge in [-0.1, -0.05) is 37.3 Å². The van der Waals surface area contributed by atoms with Crippen LogP contribution in [0.5, 0.6) is 0 Å². The minimum Gasteiger partial charge on any atom is -0.352 e. The topological polar surface area (TPSA) is 86.8 Å². The van der Waals surface area contributed by atoms with Gasteiger partial charge in [0.1, 0.15) is 12.6 Å². The molecule has 0 aromatic heterocycles. The van der Waals surface area contributed by atoms with E-state index in [4.69, 9.17) is 0 Å². The molecule has 1 N–H and O–H groups in total. The Balaban J connectivity index is 2.40. The highest BCUT2D eigenvalue weighted by atomic mass is 127. The highest BCUT2D eigenvalue weighted by molar-refractivity contribution is 14.1. The second-order valence-corrected chi connectivity index (χ2v) is 11.0. The van der Waals surface area contributed by atoms with Crippen molar-refractivity contribution in [1.29, 1.82) is 0 Å². The molecule has 1 atom stereocenters. The second kappa shape index (κ2) is 11.6. The molecule has 2 amide bonds. The average Bonchev–Trinajstić information content (AvgIpc) is 2.72. The number of carbonyl (C=O) groups is 2. The highest BCUT2D eigenvalue weighted by Crippen LogP contribution is 2.21. The summed E-state index contributed by atoms with van der Waals surface area (Å²) in [6, 6.07) is 15.5. The van der Waals surface area contributed by atoms with Gasteiger partial charge in [-0.05, 0) is 72.7 Å². The van der Waals surface area contributed by atoms with Gasteiger partial charge in [-0.25, -0.2) is 8.42 Å². The first-order valence-corrected chi connectivity index (χ1v) is 13.3. The average molecular weight is 571 g/mol. The third-order valence-corrected chi connectivity index (χ3v) is 6.67. The van der Waals surface area contributed by atoms with Crippen LogP contribution in [0.25, 0.3) is 0 Å². The maximum atomic E-state index is 13.5. The van der Waals surface area contributed by atoms with Crippen molar-refractivity contribution in [2.75, 3.05) is 17.1 Å². The number of hydrogen-bond acceptors (Lipinski definition) is 4. The Labute approximate surface area is 204 Å². The molecule has 0 saturated heterocycles. The molecule has 9 heteroatoms. The molecule has 7 nitrogen and oxygen atoms in total. The fraction of sp³-hybridized carbons (Fsp3) is 0.391. The van der Waals surface area contributed by atoms with Crippen LogP contribution in [0.4, 0.5) is 5.69 Å². The molecule has 2 aromatic carbocycles. The van der Waals surface area contributed by atoms with Gasteiger partial charge in [0.2, 0.25) is 21.8 Å². The van der Waals surface area contributed by atoms with Crippen LogP contribution in [0.1, 0.15) is 32.8 Å². The van der Waals surface area contributed by atoms with E-state index in [9.17, 15) is 18.0 Å². The van der Waals surface area contributed by atoms with E-state index in [0.29, 0.717) is 12.1 Å². The number of sulfonamides is 1. The lowest BCUT2D eigenvalue weighted by Crippen LogP contribution is -2.53. The zero-order valence-electron chi connectivity index (χ0n) is 18.8. The first kappa shape index (κ1) is 26.1. The summed E-state index contributed by atoms with van der Waals surface area (Å²) in [4.78, 5) is 27.8. The molecule has 0 spiro atoms. The summed E-state index contributed by atoms with van der Waals surface area (Å²) in [7, 11) is -3.72. The summed E-state index contributed by atoms with van der Waals surface area (Å²) >= 11 is 2.13. The molecule has 0 bridgehead atoms. The van der Waals surface area contributed by atoms with Crippen LogP contribution < -0.4 is 9.62 Å². The Morgan fingerprint density at radius 2 is 1.62 bits per heavy atom. The Hall–Kier alpha value is -2.14. The molecule has 0 fully saturated rings. The van der Waals surface area contributed by atoms with Crippen molar-refractivity contribution in [2.24, 2.45) is 0 Å². The van der Waals surface area contributed by atoms with Crippen LogP contribution in [-0.2, 0) is 26.2 Å². The van der Waals surface area contributed by atoms with E-state index in [-0.39, 0.29) is 18.5 Å². The molecule has 32 heavy (non-hydrogen) atoms. The van der Waals surface area contributed by atoms with Crippen LogP contribution >= 0.6 is 22.6 Å². The van der Waals surface area contributed by atoms with Crippen LogP contribution in [0, 0.1) is 3.57 Å². The smallest absolute Gasteiger partial charge is 0.244 e. The van der Waals surface area contributed by atoms with E-state index >= 15 is 0 Å². The Morgan fingerprint density at radius 1 is 1.03 bits per heavy atom. The quantitative estimate of drug-likeness (QED) is 0.443. The van der Waals surface area contributed by atoms with Crippen LogP contribution in [-0.4, -0.2) is 50.0 Å². The second-order valence-electron chi connectivity index (χ2n) is 7.84. The van der Waals surface area contributed by atoms with Gasteiger partial charge in [-0.2, -0.15) is 0 Å². The lowest BCUT2D eigenvalue weighted by Gasteiger charge is -2.33. The van der Waals surface area contributed by atoms with Gasteiger partial charge in [0.05, 0.1) is 11.9 Å². The van der Waals surface area contributed by atoms with Gasteiger partial charge >= 0.3 is 0 Å². The van der Waals surface area contributed by atoms with Crippen molar-refractivity contribution >= 4 is 50.1 Å². The summed E-state index contributed by atoms with van der Waals surface area (Å²) < 4.78 is 27.1. The van der Waals surface area contributed by atoms with Gasteiger partial charge in [-0.3, -0.25) is 13.9 Å². The molecule has 2 aromatic rings. The fourth-order valence-electron chi connectivity index (χ4n) is 3.30. The number of hydrogen-bond donors (Lipinski definition) is 1. The van der Waals surface area contributed by atoms with E-state index in [2.05, 4.69) is 27.9 Å². The van der Waals surface area contributed by atoms with Crippen molar-refractivity contribution in [2.45, 2.75) is 45.8 Å². The predicted molar refractivity (Wildman–Crippen MR) is 136 cm³/mol. The number of benzene rings is 2. The maximum Gasteiger partial charge on any atom is 0.244 e. The van der Waals surface area contributed by atoms with Gasteiger partial charge < -0.3 is 10.2 Å². The third kappa shape index (κ3) is 7.47. The SMILES string of the molecule is CCC(C(=O)NC(C)C)N(Cc1ccccc1)C(=O)CN(c1ccc(I)cc1)S(C)(=O)=O. The molecular formula is C23H30IN3O4S. The lowest BCUT2D eigenvalue weighted by molar-refractivity contribution is -0.140. The zero-order valence-corrected chi connectivity index (χ0v) is 21.8. The van der Waals surface area contributed by atoms with E-state index in [1.54, 1.807) is 24.3 Å². The van der Waals surface area contributed by atoms with Crippen molar-refractivity contribution in [3.05, 3.63) is 63.7 Å². The number of amides is 2. The van der Waals surface area contributed by atoms with Gasteiger partial charge in [-0.15, -0.1) is 0 Å². The summed E-state index contributed by atoms with van der Waals surface area (Å²) in [6.07, 6.45) is 1.47. The highest BCUT2D eigenvalue weighted by Gasteiger charge is 2.31. The molecule has 0 heterocycles. The molecule has 0 aliphatic rings. The third-order valence-electron chi connectivity index (χ3n) is 4.81. The molecular weight excluding hydrogens is 541 g/mol. The summed E-state index contributed by atoms with van der Waals surface area (Å²) in [6.45, 7) is 5.36. The van der Waals surface area contributed by atoms with Crippen LogP contribution in [0.15, 0.2) is 54.6 Å². The first-order valence-electron chi connectivity index (χ1n) is 10.4. The number of carbonyl (C=O) groups excluding carboxylic acids is 2. The van der Waals surface area contributed by atoms with Gasteiger partial charge in [0.25, 0.3) is 0 Å². The molecule has 174 valence electrons. The maximum absolute atomic E-state index is 13.5. The monoisotopic (exact) mass is 571 g/mol. The van der Waals surface area contributed by atoms with Crippen molar-refractivity contribution in [3.63, 3.8) is 0 Å². The van der Waals surface area contributed by atoms with E-state index in [0.717, 1.165) is 19.7 Å². The minimum atomic E-state index is -3.72. The summed E-state index contributed by atoms with van der Waals surface area (Å²) in [5, 5.41) is 2.87. The molecule has 1 unspecified atom stereocenters. The van der Waals surface area contributed by atoms with E-state index in [1.807, 2.05) is 51.1 Å². The number of nitrogens with zero attached hydrogens (tertiary/aromatic N) is 2. The zero-order chi connectivity index (χ0) is 23.9. The van der Waals surface area contributed by atoms with Crippen LogP contribution in [0.2, 0.25) is 0 Å². The largest absolute Gasteiger partial charge is 0.352 e. The molecule has 0 aliphatic carbocycles. The molecule has 0 aliphatic heterocycles. The Morgan fingerprint density at radius 3 is 2.12 bits per heavy atom. The Bertz CT molecular complexity index is 1010. The van der Waals surface area contributed by atoms with Crippen molar-refractivity contribution < 1.29 is 18.0 Å². The predicted octanol–water partition coefficient (Wildman–Crippen LogP) is 3.39.